The van der Waals surface area contributed by atoms with Crippen molar-refractivity contribution in [3.8, 4) is 0 Å². The van der Waals surface area contributed by atoms with Gasteiger partial charge in [-0.1, -0.05) is 0 Å². The predicted octanol–water partition coefficient (Wildman–Crippen LogP) is 1.30. The van der Waals surface area contributed by atoms with Crippen molar-refractivity contribution >= 4 is 17.2 Å². The van der Waals surface area contributed by atoms with E-state index in [1.54, 1.807) is 18.7 Å². The summed E-state index contributed by atoms with van der Waals surface area (Å²) in [6.45, 7) is 5.68. The van der Waals surface area contributed by atoms with Crippen molar-refractivity contribution in [1.29, 1.82) is 0 Å². The van der Waals surface area contributed by atoms with Crippen molar-refractivity contribution in [2.45, 2.75) is 25.5 Å². The van der Waals surface area contributed by atoms with E-state index in [9.17, 15) is 4.21 Å². The van der Waals surface area contributed by atoms with Gasteiger partial charge in [0.15, 0.2) is 0 Å². The van der Waals surface area contributed by atoms with Crippen LogP contribution in [0.4, 0.5) is 0 Å². The van der Waals surface area contributed by atoms with E-state index in [2.05, 4.69) is 9.38 Å². The van der Waals surface area contributed by atoms with E-state index in [-0.39, 0.29) is 4.75 Å². The summed E-state index contributed by atoms with van der Waals surface area (Å²) in [6.07, 6.45) is 4.96. The van der Waals surface area contributed by atoms with Crippen LogP contribution in [0.5, 0.6) is 0 Å². The van der Waals surface area contributed by atoms with Crippen LogP contribution in [-0.2, 0) is 18.0 Å². The first kappa shape index (κ1) is 11.1. The minimum absolute atomic E-state index is 0.310. The average Bonchev–Trinajstić information content (AvgIpc) is 2.45. The van der Waals surface area contributed by atoms with Gasteiger partial charge in [-0.2, -0.15) is 4.40 Å². The lowest BCUT2D eigenvalue weighted by Crippen LogP contribution is -2.19. The molecule has 0 saturated carbocycles. The Kier molecular flexibility index (Phi) is 3.21. The number of aryl methyl sites for hydroxylation is 1. The summed E-state index contributed by atoms with van der Waals surface area (Å²) in [7, 11) is 0.668. The topological polar surface area (TPSA) is 47.2 Å². The highest BCUT2D eigenvalue weighted by atomic mass is 32.2. The molecule has 0 amide bonds. The zero-order valence-corrected chi connectivity index (χ0v) is 9.71. The van der Waals surface area contributed by atoms with Crippen LogP contribution in [-0.4, -0.2) is 24.7 Å². The van der Waals surface area contributed by atoms with Gasteiger partial charge in [0.25, 0.3) is 0 Å². The molecule has 0 saturated heterocycles. The Balaban J connectivity index is 2.75. The molecule has 5 heteroatoms. The van der Waals surface area contributed by atoms with Crippen LogP contribution < -0.4 is 0 Å². The normalized spacial score (nSPS) is 14.9. The zero-order valence-electron chi connectivity index (χ0n) is 8.89. The van der Waals surface area contributed by atoms with Crippen LogP contribution in [0.2, 0.25) is 0 Å². The second-order valence-electron chi connectivity index (χ2n) is 4.03. The molecule has 1 heterocycles. The molecule has 1 aromatic heterocycles. The SMILES string of the molecule is Cn1cncc1C=NS(=O)C(C)(C)C. The largest absolute Gasteiger partial charge is 0.333 e. The Bertz CT molecular complexity index is 362. The zero-order chi connectivity index (χ0) is 10.8. The third-order valence-corrected chi connectivity index (χ3v) is 3.00. The minimum atomic E-state index is -1.20. The van der Waals surface area contributed by atoms with Gasteiger partial charge in [-0.25, -0.2) is 9.19 Å². The van der Waals surface area contributed by atoms with Crippen molar-refractivity contribution in [3.63, 3.8) is 0 Å². The molecule has 0 aliphatic rings. The summed E-state index contributed by atoms with van der Waals surface area (Å²) in [6, 6.07) is 0. The van der Waals surface area contributed by atoms with E-state index in [1.165, 1.54) is 0 Å². The Morgan fingerprint density at radius 3 is 2.64 bits per heavy atom. The number of imidazole rings is 1. The molecule has 1 unspecified atom stereocenters. The highest BCUT2D eigenvalue weighted by molar-refractivity contribution is 7.85. The minimum Gasteiger partial charge on any atom is -0.333 e. The fourth-order valence-electron chi connectivity index (χ4n) is 0.752. The molecule has 0 aliphatic carbocycles. The molecule has 0 aromatic carbocycles. The van der Waals surface area contributed by atoms with Gasteiger partial charge >= 0.3 is 0 Å². The first-order valence-electron chi connectivity index (χ1n) is 4.33. The molecule has 0 aliphatic heterocycles. The van der Waals surface area contributed by atoms with Gasteiger partial charge < -0.3 is 4.57 Å². The third-order valence-electron chi connectivity index (χ3n) is 1.66. The van der Waals surface area contributed by atoms with Gasteiger partial charge in [0.1, 0.15) is 11.0 Å². The maximum absolute atomic E-state index is 11.6. The standard InChI is InChI=1S/C9H15N3OS/c1-9(2,3)14(13)11-6-8-5-10-7-12(8)4/h5-7H,1-4H3. The van der Waals surface area contributed by atoms with E-state index in [0.717, 1.165) is 5.69 Å². The third kappa shape index (κ3) is 2.77. The number of aromatic nitrogens is 2. The van der Waals surface area contributed by atoms with Crippen molar-refractivity contribution in [3.05, 3.63) is 18.2 Å². The monoisotopic (exact) mass is 213 g/mol. The number of hydrogen-bond acceptors (Lipinski definition) is 2. The number of rotatable bonds is 2. The first-order chi connectivity index (χ1) is 6.41. The van der Waals surface area contributed by atoms with Gasteiger partial charge in [-0.3, -0.25) is 0 Å². The summed E-state index contributed by atoms with van der Waals surface area (Å²) in [5.41, 5.74) is 0.850. The Morgan fingerprint density at radius 2 is 2.21 bits per heavy atom. The Hall–Kier alpha value is -0.970. The van der Waals surface area contributed by atoms with Gasteiger partial charge in [-0.05, 0) is 20.8 Å². The van der Waals surface area contributed by atoms with Crippen LogP contribution in [0.1, 0.15) is 26.5 Å². The van der Waals surface area contributed by atoms with Crippen molar-refractivity contribution in [1.82, 2.24) is 9.55 Å². The lowest BCUT2D eigenvalue weighted by Gasteiger charge is -2.12. The number of hydrogen-bond donors (Lipinski definition) is 0. The highest BCUT2D eigenvalue weighted by Gasteiger charge is 2.18. The molecule has 4 nitrogen and oxygen atoms in total. The Morgan fingerprint density at radius 1 is 1.57 bits per heavy atom. The Labute approximate surface area is 86.7 Å². The summed E-state index contributed by atoms with van der Waals surface area (Å²) in [4.78, 5) is 3.93. The molecule has 1 aromatic rings. The molecule has 0 N–H and O–H groups in total. The lowest BCUT2D eigenvalue weighted by atomic mass is 10.3. The molecule has 1 rings (SSSR count). The quantitative estimate of drug-likeness (QED) is 0.695. The summed E-state index contributed by atoms with van der Waals surface area (Å²) in [5.74, 6) is 0. The molecular weight excluding hydrogens is 198 g/mol. The predicted molar refractivity (Wildman–Crippen MR) is 58.7 cm³/mol. The first-order valence-corrected chi connectivity index (χ1v) is 5.44. The van der Waals surface area contributed by atoms with Gasteiger partial charge in [0.2, 0.25) is 0 Å². The fourth-order valence-corrected chi connectivity index (χ4v) is 1.27. The van der Waals surface area contributed by atoms with Crippen LogP contribution in [0, 0.1) is 0 Å². The van der Waals surface area contributed by atoms with Crippen LogP contribution in [0.15, 0.2) is 16.9 Å². The molecule has 0 spiro atoms. The summed E-state index contributed by atoms with van der Waals surface area (Å²) < 4.78 is 17.1. The second kappa shape index (κ2) is 4.04. The van der Waals surface area contributed by atoms with E-state index in [1.807, 2.05) is 32.4 Å². The molecule has 78 valence electrons. The van der Waals surface area contributed by atoms with Crippen molar-refractivity contribution in [2.75, 3.05) is 0 Å². The molecule has 0 radical (unpaired) electrons. The smallest absolute Gasteiger partial charge is 0.144 e. The van der Waals surface area contributed by atoms with E-state index < -0.39 is 11.0 Å². The van der Waals surface area contributed by atoms with Gasteiger partial charge in [0, 0.05) is 7.05 Å². The fraction of sp³-hybridized carbons (Fsp3) is 0.556. The van der Waals surface area contributed by atoms with E-state index >= 15 is 0 Å². The number of nitrogens with zero attached hydrogens (tertiary/aromatic N) is 3. The van der Waals surface area contributed by atoms with Crippen LogP contribution in [0.3, 0.4) is 0 Å². The highest BCUT2D eigenvalue weighted by Crippen LogP contribution is 2.11. The van der Waals surface area contributed by atoms with Crippen molar-refractivity contribution in [2.24, 2.45) is 11.4 Å². The lowest BCUT2D eigenvalue weighted by molar-refractivity contribution is 0.651. The molecule has 14 heavy (non-hydrogen) atoms. The van der Waals surface area contributed by atoms with Crippen LogP contribution in [0.25, 0.3) is 0 Å². The molecule has 1 atom stereocenters. The van der Waals surface area contributed by atoms with Gasteiger partial charge in [0.05, 0.1) is 29.2 Å². The van der Waals surface area contributed by atoms with Gasteiger partial charge in [-0.15, -0.1) is 0 Å². The van der Waals surface area contributed by atoms with Crippen LogP contribution >= 0.6 is 0 Å². The van der Waals surface area contributed by atoms with E-state index in [4.69, 9.17) is 0 Å². The summed E-state index contributed by atoms with van der Waals surface area (Å²) >= 11 is 0. The maximum atomic E-state index is 11.6. The molecule has 0 bridgehead atoms. The second-order valence-corrected chi connectivity index (χ2v) is 5.96. The summed E-state index contributed by atoms with van der Waals surface area (Å²) in [5, 5.41) is 0. The molecule has 0 fully saturated rings. The van der Waals surface area contributed by atoms with E-state index in [0.29, 0.717) is 0 Å². The molecular formula is C9H15N3OS. The average molecular weight is 213 g/mol. The maximum Gasteiger partial charge on any atom is 0.144 e. The van der Waals surface area contributed by atoms with Crippen molar-refractivity contribution < 1.29 is 4.21 Å².